The molecule has 2 aromatic carbocycles. The van der Waals surface area contributed by atoms with Gasteiger partial charge in [0.15, 0.2) is 5.71 Å². The molecule has 4 rings (SSSR count). The number of hydrogen-bond acceptors (Lipinski definition) is 5. The first kappa shape index (κ1) is 33.5. The lowest BCUT2D eigenvalue weighted by atomic mass is 9.81. The van der Waals surface area contributed by atoms with Gasteiger partial charge >= 0.3 is 0 Å². The van der Waals surface area contributed by atoms with E-state index < -0.39 is 10.2 Å². The third kappa shape index (κ3) is 8.09. The summed E-state index contributed by atoms with van der Waals surface area (Å²) in [4.78, 5) is 2.52. The molecule has 0 atom stereocenters. The van der Waals surface area contributed by atoms with Gasteiger partial charge in [0.25, 0.3) is 0 Å². The number of hydrogen-bond donors (Lipinski definition) is 0. The van der Waals surface area contributed by atoms with Crippen LogP contribution in [-0.4, -0.2) is 23.4 Å². The van der Waals surface area contributed by atoms with Crippen LogP contribution in [0.25, 0.3) is 0 Å². The molecule has 0 unspecified atom stereocenters. The van der Waals surface area contributed by atoms with Crippen molar-refractivity contribution in [1.29, 1.82) is 0 Å². The van der Waals surface area contributed by atoms with Crippen LogP contribution in [0.1, 0.15) is 78.4 Å². The quantitative estimate of drug-likeness (QED) is 0.303. The molecule has 6 nitrogen and oxygen atoms in total. The van der Waals surface area contributed by atoms with Gasteiger partial charge in [0.05, 0.1) is 5.41 Å². The fraction of sp³-hybridized carbons (Fsp3) is 0.400. The SMILES string of the molecule is CCCCN1C(=CC=CC=CC=CC2=[N+](CCCC)c3ccccc3C2(C)C)C(C)(C)c2ccccc21.[O-][Cl+3]([O-])([O-])[O-]. The van der Waals surface area contributed by atoms with Gasteiger partial charge in [0, 0.05) is 47.5 Å². The van der Waals surface area contributed by atoms with Crippen molar-refractivity contribution in [3.63, 3.8) is 0 Å². The van der Waals surface area contributed by atoms with Crippen LogP contribution < -0.4 is 23.5 Å². The third-order valence-electron chi connectivity index (χ3n) is 8.02. The van der Waals surface area contributed by atoms with Crippen molar-refractivity contribution in [3.05, 3.63) is 108 Å². The van der Waals surface area contributed by atoms with Crippen molar-refractivity contribution in [2.24, 2.45) is 0 Å². The van der Waals surface area contributed by atoms with Crippen LogP contribution in [0.5, 0.6) is 0 Å². The molecular weight excluding hydrogens is 548 g/mol. The van der Waals surface area contributed by atoms with E-state index in [9.17, 15) is 0 Å². The monoisotopic (exact) mass is 592 g/mol. The number of benzene rings is 2. The number of halogens is 1. The number of allylic oxidation sites excluding steroid dienone is 8. The Morgan fingerprint density at radius 2 is 1.31 bits per heavy atom. The Morgan fingerprint density at radius 1 is 0.738 bits per heavy atom. The second-order valence-corrected chi connectivity index (χ2v) is 12.5. The van der Waals surface area contributed by atoms with Crippen LogP contribution in [0, 0.1) is 10.2 Å². The molecular formula is C35H45ClN2O4. The summed E-state index contributed by atoms with van der Waals surface area (Å²) >= 11 is 0. The molecule has 2 heterocycles. The van der Waals surface area contributed by atoms with Gasteiger partial charge in [-0.3, -0.25) is 0 Å². The first-order valence-electron chi connectivity index (χ1n) is 14.8. The van der Waals surface area contributed by atoms with Crippen LogP contribution >= 0.6 is 0 Å². The maximum Gasteiger partial charge on any atom is 0.209 e. The fourth-order valence-electron chi connectivity index (χ4n) is 5.88. The lowest BCUT2D eigenvalue weighted by molar-refractivity contribution is -2.00. The molecule has 0 aliphatic carbocycles. The Morgan fingerprint density at radius 3 is 1.98 bits per heavy atom. The normalized spacial score (nSPS) is 18.3. The minimum Gasteiger partial charge on any atom is -0.344 e. The minimum atomic E-state index is -4.94. The number of unbranched alkanes of at least 4 members (excludes halogenated alkanes) is 2. The summed E-state index contributed by atoms with van der Waals surface area (Å²) in [6, 6.07) is 17.8. The molecule has 0 amide bonds. The van der Waals surface area contributed by atoms with Crippen LogP contribution in [0.4, 0.5) is 11.4 Å². The zero-order chi connectivity index (χ0) is 31.0. The van der Waals surface area contributed by atoms with Gasteiger partial charge in [-0.2, -0.15) is 4.58 Å². The molecule has 0 radical (unpaired) electrons. The van der Waals surface area contributed by atoms with E-state index in [2.05, 4.69) is 142 Å². The summed E-state index contributed by atoms with van der Waals surface area (Å²) in [6.45, 7) is 16.1. The van der Waals surface area contributed by atoms with Crippen molar-refractivity contribution in [2.75, 3.05) is 18.0 Å². The first-order chi connectivity index (χ1) is 19.8. The van der Waals surface area contributed by atoms with Crippen LogP contribution in [0.2, 0.25) is 0 Å². The highest BCUT2D eigenvalue weighted by Gasteiger charge is 2.43. The Balaban J connectivity index is 0.000000892. The first-order valence-corrected chi connectivity index (χ1v) is 16.0. The number of para-hydroxylation sites is 2. The van der Waals surface area contributed by atoms with E-state index in [-0.39, 0.29) is 10.8 Å². The summed E-state index contributed by atoms with van der Waals surface area (Å²) in [5.74, 6) is 0. The molecule has 0 saturated carbocycles. The standard InChI is InChI=1S/C35H45N2.ClHO4/c1-7-9-26-36-30-22-18-16-20-28(30)34(3,4)32(36)24-14-12-11-13-15-25-33-35(5,6)29-21-17-19-23-31(29)37(33)27-10-8-2;2-1(3,4)5/h11-25H,7-10,26-27H2,1-6H3;(H,2,3,4,5)/q+1;/p-1. The van der Waals surface area contributed by atoms with Gasteiger partial charge in [0.2, 0.25) is 5.69 Å². The van der Waals surface area contributed by atoms with Crippen molar-refractivity contribution in [3.8, 4) is 0 Å². The molecule has 2 aliphatic heterocycles. The Bertz CT molecular complexity index is 1360. The van der Waals surface area contributed by atoms with Gasteiger partial charge in [-0.1, -0.05) is 107 Å². The van der Waals surface area contributed by atoms with Crippen molar-refractivity contribution < 1.29 is 33.5 Å². The molecule has 226 valence electrons. The third-order valence-corrected chi connectivity index (χ3v) is 8.02. The summed E-state index contributed by atoms with van der Waals surface area (Å²) in [5, 5.41) is 0. The smallest absolute Gasteiger partial charge is 0.209 e. The van der Waals surface area contributed by atoms with E-state index in [1.54, 1.807) is 0 Å². The minimum absolute atomic E-state index is 0.0138. The van der Waals surface area contributed by atoms with Crippen LogP contribution in [0.3, 0.4) is 0 Å². The number of rotatable bonds is 10. The number of nitrogens with zero attached hydrogens (tertiary/aromatic N) is 2. The van der Waals surface area contributed by atoms with Gasteiger partial charge < -0.3 is 4.90 Å². The van der Waals surface area contributed by atoms with E-state index >= 15 is 0 Å². The highest BCUT2D eigenvalue weighted by Crippen LogP contribution is 2.47. The van der Waals surface area contributed by atoms with Crippen molar-refractivity contribution in [2.45, 2.75) is 78.1 Å². The Hall–Kier alpha value is -3.00. The van der Waals surface area contributed by atoms with Crippen LogP contribution in [0.15, 0.2) is 96.8 Å². The zero-order valence-corrected chi connectivity index (χ0v) is 26.6. The molecule has 42 heavy (non-hydrogen) atoms. The second-order valence-electron chi connectivity index (χ2n) is 11.7. The fourth-order valence-corrected chi connectivity index (χ4v) is 5.88. The molecule has 0 bridgehead atoms. The number of anilines is 1. The van der Waals surface area contributed by atoms with E-state index in [4.69, 9.17) is 18.6 Å². The predicted octanol–water partition coefficient (Wildman–Crippen LogP) is 4.26. The maximum absolute atomic E-state index is 8.49. The molecule has 0 fully saturated rings. The molecule has 0 spiro atoms. The Kier molecular flexibility index (Phi) is 11.5. The van der Waals surface area contributed by atoms with Crippen LogP contribution in [-0.2, 0) is 10.8 Å². The van der Waals surface area contributed by atoms with Gasteiger partial charge in [-0.05, 0) is 38.0 Å². The van der Waals surface area contributed by atoms with Gasteiger partial charge in [-0.15, -0.1) is 10.2 Å². The summed E-state index contributed by atoms with van der Waals surface area (Å²) < 4.78 is 36.5. The molecule has 2 aromatic rings. The van der Waals surface area contributed by atoms with E-state index in [0.717, 1.165) is 13.1 Å². The van der Waals surface area contributed by atoms with E-state index in [1.807, 2.05) is 0 Å². The zero-order valence-electron chi connectivity index (χ0n) is 25.8. The van der Waals surface area contributed by atoms with Gasteiger partial charge in [0.1, 0.15) is 6.54 Å². The van der Waals surface area contributed by atoms with Crippen molar-refractivity contribution in [1.82, 2.24) is 0 Å². The second kappa shape index (κ2) is 14.5. The topological polar surface area (TPSA) is 98.5 Å². The lowest BCUT2D eigenvalue weighted by Gasteiger charge is -2.27. The highest BCUT2D eigenvalue weighted by atomic mass is 35.7. The Labute approximate surface area is 254 Å². The highest BCUT2D eigenvalue weighted by molar-refractivity contribution is 6.03. The van der Waals surface area contributed by atoms with Crippen molar-refractivity contribution >= 4 is 17.1 Å². The van der Waals surface area contributed by atoms with E-state index in [1.165, 1.54) is 59.6 Å². The lowest BCUT2D eigenvalue weighted by Crippen LogP contribution is -2.68. The summed E-state index contributed by atoms with van der Waals surface area (Å²) in [7, 11) is -4.94. The summed E-state index contributed by atoms with van der Waals surface area (Å²) in [5.41, 5.74) is 8.38. The molecule has 2 aliphatic rings. The maximum atomic E-state index is 8.49. The molecule has 7 heteroatoms. The number of fused-ring (bicyclic) bond motifs is 2. The van der Waals surface area contributed by atoms with E-state index in [0.29, 0.717) is 0 Å². The molecule has 0 saturated heterocycles. The predicted molar refractivity (Wildman–Crippen MR) is 161 cm³/mol. The molecule has 0 N–H and O–H groups in total. The summed E-state index contributed by atoms with van der Waals surface area (Å²) in [6.07, 6.45) is 20.3. The molecule has 0 aromatic heterocycles. The largest absolute Gasteiger partial charge is 0.344 e. The average Bonchev–Trinajstić information content (AvgIpc) is 3.28. The van der Waals surface area contributed by atoms with Gasteiger partial charge in [-0.25, -0.2) is 18.6 Å². The average molecular weight is 593 g/mol.